The Morgan fingerprint density at radius 1 is 1.18 bits per heavy atom. The number of aryl methyl sites for hydroxylation is 3. The molecule has 0 radical (unpaired) electrons. The van der Waals surface area contributed by atoms with E-state index in [9.17, 15) is 4.79 Å². The summed E-state index contributed by atoms with van der Waals surface area (Å²) < 4.78 is 0. The van der Waals surface area contributed by atoms with Crippen LogP contribution in [0.15, 0.2) is 12.1 Å². The number of benzene rings is 1. The van der Waals surface area contributed by atoms with Crippen LogP contribution >= 0.6 is 12.4 Å². The molecule has 0 heterocycles. The predicted molar refractivity (Wildman–Crippen MR) is 73.7 cm³/mol. The van der Waals surface area contributed by atoms with Crippen LogP contribution in [0.2, 0.25) is 0 Å². The van der Waals surface area contributed by atoms with Crippen molar-refractivity contribution < 1.29 is 4.79 Å². The molecule has 0 saturated heterocycles. The summed E-state index contributed by atoms with van der Waals surface area (Å²) in [5.74, 6) is 0.0295. The number of nitrogens with one attached hydrogen (secondary N) is 2. The number of amides is 1. The largest absolute Gasteiger partial charge is 0.351 e. The number of carbonyl (C=O) groups excluding carboxylic acids is 1. The molecule has 1 amide bonds. The van der Waals surface area contributed by atoms with Crippen LogP contribution in [0.3, 0.4) is 0 Å². The molecule has 0 bridgehead atoms. The Labute approximate surface area is 109 Å². The Morgan fingerprint density at radius 2 is 1.71 bits per heavy atom. The van der Waals surface area contributed by atoms with Crippen LogP contribution in [-0.4, -0.2) is 19.5 Å². The van der Waals surface area contributed by atoms with Crippen molar-refractivity contribution in [1.29, 1.82) is 0 Å². The lowest BCUT2D eigenvalue weighted by Crippen LogP contribution is -2.32. The molecule has 1 aromatic rings. The second-order valence-electron chi connectivity index (χ2n) is 4.18. The van der Waals surface area contributed by atoms with E-state index in [2.05, 4.69) is 43.5 Å². The molecule has 0 saturated carbocycles. The van der Waals surface area contributed by atoms with Crippen molar-refractivity contribution in [1.82, 2.24) is 10.6 Å². The average Bonchev–Trinajstić information content (AvgIpc) is 2.16. The summed E-state index contributed by atoms with van der Waals surface area (Å²) >= 11 is 0. The standard InChI is InChI=1S/C13H20N2O.ClH/c1-9-5-10(2)12(11(3)6-9)7-15-13(16)8-14-4;/h5-6,14H,7-8H2,1-4H3,(H,15,16);1H. The number of hydrogen-bond donors (Lipinski definition) is 2. The minimum Gasteiger partial charge on any atom is -0.351 e. The van der Waals surface area contributed by atoms with Gasteiger partial charge in [-0.15, -0.1) is 12.4 Å². The van der Waals surface area contributed by atoms with Gasteiger partial charge in [0.15, 0.2) is 0 Å². The molecule has 0 aliphatic heterocycles. The molecule has 0 aliphatic carbocycles. The highest BCUT2D eigenvalue weighted by molar-refractivity contribution is 5.85. The van der Waals surface area contributed by atoms with E-state index < -0.39 is 0 Å². The Hall–Kier alpha value is -1.06. The van der Waals surface area contributed by atoms with E-state index in [1.54, 1.807) is 7.05 Å². The van der Waals surface area contributed by atoms with Gasteiger partial charge in [-0.3, -0.25) is 4.79 Å². The predicted octanol–water partition coefficient (Wildman–Crippen LogP) is 1.87. The van der Waals surface area contributed by atoms with Crippen LogP contribution in [0.5, 0.6) is 0 Å². The second kappa shape index (κ2) is 7.30. The molecular weight excluding hydrogens is 236 g/mol. The Morgan fingerprint density at radius 3 is 2.18 bits per heavy atom. The first kappa shape index (κ1) is 15.9. The Bertz CT molecular complexity index is 368. The van der Waals surface area contributed by atoms with Crippen LogP contribution in [0, 0.1) is 20.8 Å². The summed E-state index contributed by atoms with van der Waals surface area (Å²) in [7, 11) is 1.77. The topological polar surface area (TPSA) is 41.1 Å². The molecule has 17 heavy (non-hydrogen) atoms. The first-order chi connectivity index (χ1) is 7.54. The summed E-state index contributed by atoms with van der Waals surface area (Å²) in [6.45, 7) is 7.23. The first-order valence-electron chi connectivity index (χ1n) is 5.52. The van der Waals surface area contributed by atoms with E-state index in [4.69, 9.17) is 0 Å². The van der Waals surface area contributed by atoms with Crippen molar-refractivity contribution in [2.24, 2.45) is 0 Å². The smallest absolute Gasteiger partial charge is 0.234 e. The molecule has 0 fully saturated rings. The molecule has 0 spiro atoms. The van der Waals surface area contributed by atoms with Gasteiger partial charge in [0.1, 0.15) is 0 Å². The quantitative estimate of drug-likeness (QED) is 0.864. The van der Waals surface area contributed by atoms with Crippen molar-refractivity contribution in [3.63, 3.8) is 0 Å². The fourth-order valence-electron chi connectivity index (χ4n) is 1.90. The number of likely N-dealkylation sites (N-methyl/N-ethyl adjacent to an activating group) is 1. The summed E-state index contributed by atoms with van der Waals surface area (Å²) in [5, 5.41) is 5.73. The van der Waals surface area contributed by atoms with Gasteiger partial charge in [-0.2, -0.15) is 0 Å². The second-order valence-corrected chi connectivity index (χ2v) is 4.18. The maximum atomic E-state index is 11.3. The number of rotatable bonds is 4. The van der Waals surface area contributed by atoms with E-state index in [0.29, 0.717) is 13.1 Å². The monoisotopic (exact) mass is 256 g/mol. The highest BCUT2D eigenvalue weighted by atomic mass is 35.5. The van der Waals surface area contributed by atoms with Crippen LogP contribution < -0.4 is 10.6 Å². The Kier molecular flexibility index (Phi) is 6.85. The molecule has 2 N–H and O–H groups in total. The molecule has 3 nitrogen and oxygen atoms in total. The average molecular weight is 257 g/mol. The van der Waals surface area contributed by atoms with E-state index >= 15 is 0 Å². The molecule has 0 aliphatic rings. The molecular formula is C13H21ClN2O. The van der Waals surface area contributed by atoms with Crippen molar-refractivity contribution in [2.75, 3.05) is 13.6 Å². The molecule has 96 valence electrons. The minimum absolute atomic E-state index is 0. The molecule has 1 rings (SSSR count). The van der Waals surface area contributed by atoms with E-state index in [1.807, 2.05) is 0 Å². The molecule has 0 unspecified atom stereocenters. The van der Waals surface area contributed by atoms with Gasteiger partial charge in [0.25, 0.3) is 0 Å². The zero-order valence-corrected chi connectivity index (χ0v) is 11.7. The van der Waals surface area contributed by atoms with Crippen molar-refractivity contribution in [3.8, 4) is 0 Å². The zero-order chi connectivity index (χ0) is 12.1. The van der Waals surface area contributed by atoms with E-state index in [0.717, 1.165) is 0 Å². The lowest BCUT2D eigenvalue weighted by molar-refractivity contribution is -0.120. The summed E-state index contributed by atoms with van der Waals surface area (Å²) in [6, 6.07) is 4.29. The fourth-order valence-corrected chi connectivity index (χ4v) is 1.90. The number of carbonyl (C=O) groups is 1. The maximum absolute atomic E-state index is 11.3. The SMILES string of the molecule is CNCC(=O)NCc1c(C)cc(C)cc1C.Cl. The van der Waals surface area contributed by atoms with Crippen molar-refractivity contribution in [3.05, 3.63) is 34.4 Å². The van der Waals surface area contributed by atoms with Gasteiger partial charge in [-0.1, -0.05) is 17.7 Å². The van der Waals surface area contributed by atoms with E-state index in [-0.39, 0.29) is 18.3 Å². The van der Waals surface area contributed by atoms with Gasteiger partial charge >= 0.3 is 0 Å². The maximum Gasteiger partial charge on any atom is 0.234 e. The highest BCUT2D eigenvalue weighted by Gasteiger charge is 2.05. The molecule has 1 aromatic carbocycles. The highest BCUT2D eigenvalue weighted by Crippen LogP contribution is 2.15. The first-order valence-corrected chi connectivity index (χ1v) is 5.52. The van der Waals surface area contributed by atoms with Gasteiger partial charge in [0.2, 0.25) is 5.91 Å². The summed E-state index contributed by atoms with van der Waals surface area (Å²) in [4.78, 5) is 11.3. The van der Waals surface area contributed by atoms with Crippen LogP contribution in [0.1, 0.15) is 22.3 Å². The lowest BCUT2D eigenvalue weighted by atomic mass is 10.00. The summed E-state index contributed by atoms with van der Waals surface area (Å²) in [6.07, 6.45) is 0. The van der Waals surface area contributed by atoms with Gasteiger partial charge in [-0.25, -0.2) is 0 Å². The number of hydrogen-bond acceptors (Lipinski definition) is 2. The Balaban J connectivity index is 0.00000256. The third-order valence-corrected chi connectivity index (χ3v) is 2.64. The van der Waals surface area contributed by atoms with Crippen molar-refractivity contribution >= 4 is 18.3 Å². The number of halogens is 1. The van der Waals surface area contributed by atoms with Crippen molar-refractivity contribution in [2.45, 2.75) is 27.3 Å². The van der Waals surface area contributed by atoms with Gasteiger partial charge in [0.05, 0.1) is 6.54 Å². The van der Waals surface area contributed by atoms with Crippen LogP contribution in [0.4, 0.5) is 0 Å². The lowest BCUT2D eigenvalue weighted by Gasteiger charge is -2.12. The fraction of sp³-hybridized carbons (Fsp3) is 0.462. The van der Waals surface area contributed by atoms with Crippen LogP contribution in [-0.2, 0) is 11.3 Å². The van der Waals surface area contributed by atoms with Gasteiger partial charge in [0, 0.05) is 6.54 Å². The van der Waals surface area contributed by atoms with Crippen LogP contribution in [0.25, 0.3) is 0 Å². The third-order valence-electron chi connectivity index (χ3n) is 2.64. The normalized spacial score (nSPS) is 9.65. The minimum atomic E-state index is 0. The van der Waals surface area contributed by atoms with E-state index in [1.165, 1.54) is 22.3 Å². The molecule has 0 atom stereocenters. The van der Waals surface area contributed by atoms with Gasteiger partial charge < -0.3 is 10.6 Å². The molecule has 0 aromatic heterocycles. The summed E-state index contributed by atoms with van der Waals surface area (Å²) in [5.41, 5.74) is 4.96. The van der Waals surface area contributed by atoms with Gasteiger partial charge in [-0.05, 0) is 44.5 Å². The third kappa shape index (κ3) is 4.75. The molecule has 4 heteroatoms. The zero-order valence-electron chi connectivity index (χ0n) is 10.9.